The van der Waals surface area contributed by atoms with E-state index in [-0.39, 0.29) is 10.8 Å². The Kier molecular flexibility index (Phi) is 6.57. The maximum absolute atomic E-state index is 12.7. The van der Waals surface area contributed by atoms with E-state index in [1.807, 2.05) is 0 Å². The number of carbonyl (C=O) groups is 2. The van der Waals surface area contributed by atoms with Gasteiger partial charge in [-0.05, 0) is 32.4 Å². The van der Waals surface area contributed by atoms with Crippen LogP contribution < -0.4 is 14.8 Å². The van der Waals surface area contributed by atoms with Gasteiger partial charge in [-0.2, -0.15) is 0 Å². The van der Waals surface area contributed by atoms with E-state index in [0.717, 1.165) is 16.9 Å². The lowest BCUT2D eigenvalue weighted by Crippen LogP contribution is -2.26. The van der Waals surface area contributed by atoms with Crippen LogP contribution in [0.3, 0.4) is 0 Å². The highest BCUT2D eigenvalue weighted by molar-refractivity contribution is 7.13. The van der Waals surface area contributed by atoms with E-state index < -0.39 is 12.0 Å². The molecule has 0 aliphatic heterocycles. The molecule has 2 rings (SSSR count). The van der Waals surface area contributed by atoms with Gasteiger partial charge in [0.25, 0.3) is 5.91 Å². The molecule has 1 amide bonds. The van der Waals surface area contributed by atoms with Gasteiger partial charge in [0.2, 0.25) is 0 Å². The molecule has 2 aromatic rings. The summed E-state index contributed by atoms with van der Waals surface area (Å²) in [5.74, 6) is -0.334. The minimum Gasteiger partial charge on any atom is -0.493 e. The third kappa shape index (κ3) is 4.46. The van der Waals surface area contributed by atoms with Gasteiger partial charge in [0.15, 0.2) is 11.5 Å². The molecule has 0 spiro atoms. The van der Waals surface area contributed by atoms with Crippen molar-refractivity contribution in [1.82, 2.24) is 10.3 Å². The van der Waals surface area contributed by atoms with E-state index in [2.05, 4.69) is 16.9 Å². The molecule has 27 heavy (non-hydrogen) atoms. The number of hydrogen-bond donors (Lipinski definition) is 2. The van der Waals surface area contributed by atoms with Crippen LogP contribution in [0.15, 0.2) is 24.8 Å². The van der Waals surface area contributed by atoms with Crippen LogP contribution >= 0.6 is 11.3 Å². The summed E-state index contributed by atoms with van der Waals surface area (Å²) in [4.78, 5) is 28.3. The molecule has 0 saturated heterocycles. The first kappa shape index (κ1) is 20.4. The number of aryl methyl sites for hydroxylation is 1. The maximum atomic E-state index is 12.7. The molecule has 0 bridgehead atoms. The fourth-order valence-corrected chi connectivity index (χ4v) is 3.53. The maximum Gasteiger partial charge on any atom is 0.347 e. The highest BCUT2D eigenvalue weighted by Crippen LogP contribution is 2.33. The molecular formula is C19H22N2O5S. The lowest BCUT2D eigenvalue weighted by molar-refractivity contribution is 0.0701. The minimum absolute atomic E-state index is 0.172. The number of thiazole rings is 1. The van der Waals surface area contributed by atoms with Gasteiger partial charge >= 0.3 is 5.97 Å². The number of amides is 1. The summed E-state index contributed by atoms with van der Waals surface area (Å²) in [6.45, 7) is 7.11. The Hall–Kier alpha value is -2.87. The minimum atomic E-state index is -1.02. The van der Waals surface area contributed by atoms with Crippen molar-refractivity contribution in [2.24, 2.45) is 0 Å². The molecule has 1 aromatic carbocycles. The van der Waals surface area contributed by atoms with E-state index in [1.165, 1.54) is 14.2 Å². The lowest BCUT2D eigenvalue weighted by atomic mass is 10.0. The lowest BCUT2D eigenvalue weighted by Gasteiger charge is -2.16. The number of benzene rings is 1. The number of methoxy groups -OCH3 is 2. The van der Waals surface area contributed by atoms with Crippen molar-refractivity contribution >= 4 is 23.2 Å². The number of nitrogens with zero attached hydrogens (tertiary/aromatic N) is 1. The number of carboxylic acid groups (broad SMARTS) is 1. The number of rotatable bonds is 8. The topological polar surface area (TPSA) is 97.8 Å². The van der Waals surface area contributed by atoms with Crippen molar-refractivity contribution in [2.75, 3.05) is 14.2 Å². The van der Waals surface area contributed by atoms with Crippen molar-refractivity contribution in [2.45, 2.75) is 26.3 Å². The molecule has 8 heteroatoms. The van der Waals surface area contributed by atoms with Crippen molar-refractivity contribution in [3.63, 3.8) is 0 Å². The average Bonchev–Trinajstić information content (AvgIpc) is 3.03. The molecule has 0 radical (unpaired) electrons. The van der Waals surface area contributed by atoms with E-state index in [0.29, 0.717) is 34.2 Å². The molecule has 1 heterocycles. The highest BCUT2D eigenvalue weighted by atomic mass is 32.1. The van der Waals surface area contributed by atoms with Gasteiger partial charge < -0.3 is 19.9 Å². The molecule has 1 atom stereocenters. The Morgan fingerprint density at radius 1 is 1.37 bits per heavy atom. The Morgan fingerprint density at radius 2 is 2.07 bits per heavy atom. The van der Waals surface area contributed by atoms with Crippen molar-refractivity contribution in [1.29, 1.82) is 0 Å². The molecule has 0 aliphatic rings. The monoisotopic (exact) mass is 390 g/mol. The molecule has 0 fully saturated rings. The Morgan fingerprint density at radius 3 is 2.59 bits per heavy atom. The summed E-state index contributed by atoms with van der Waals surface area (Å²) in [6, 6.07) is 2.88. The normalized spacial score (nSPS) is 11.6. The SMILES string of the molecule is C=CCc1cc(C(=O)NC(C)c2nc(C)c(C(=O)O)s2)cc(OC)c1OC. The molecule has 2 N–H and O–H groups in total. The largest absolute Gasteiger partial charge is 0.493 e. The van der Waals surface area contributed by atoms with Gasteiger partial charge in [-0.3, -0.25) is 4.79 Å². The third-order valence-electron chi connectivity index (χ3n) is 3.91. The number of aromatic carboxylic acids is 1. The number of hydrogen-bond acceptors (Lipinski definition) is 6. The van der Waals surface area contributed by atoms with Crippen LogP contribution in [-0.2, 0) is 6.42 Å². The molecule has 0 aliphatic carbocycles. The average molecular weight is 390 g/mol. The summed E-state index contributed by atoms with van der Waals surface area (Å²) < 4.78 is 10.7. The van der Waals surface area contributed by atoms with Gasteiger partial charge in [-0.25, -0.2) is 9.78 Å². The fourth-order valence-electron chi connectivity index (χ4n) is 2.62. The first-order chi connectivity index (χ1) is 12.8. The molecular weight excluding hydrogens is 368 g/mol. The second kappa shape index (κ2) is 8.68. The van der Waals surface area contributed by atoms with Crippen LogP contribution in [0.5, 0.6) is 11.5 Å². The zero-order valence-electron chi connectivity index (χ0n) is 15.7. The summed E-state index contributed by atoms with van der Waals surface area (Å²) in [6.07, 6.45) is 2.23. The number of ether oxygens (including phenoxy) is 2. The molecule has 0 saturated carbocycles. The van der Waals surface area contributed by atoms with E-state index in [9.17, 15) is 9.59 Å². The first-order valence-corrected chi connectivity index (χ1v) is 9.01. The van der Waals surface area contributed by atoms with Crippen LogP contribution in [0.2, 0.25) is 0 Å². The number of nitrogens with one attached hydrogen (secondary N) is 1. The number of carboxylic acids is 1. The molecule has 7 nitrogen and oxygen atoms in total. The van der Waals surface area contributed by atoms with E-state index >= 15 is 0 Å². The third-order valence-corrected chi connectivity index (χ3v) is 5.24. The smallest absolute Gasteiger partial charge is 0.347 e. The number of aromatic nitrogens is 1. The van der Waals surface area contributed by atoms with Gasteiger partial charge in [-0.1, -0.05) is 6.08 Å². The van der Waals surface area contributed by atoms with Crippen LogP contribution in [0.25, 0.3) is 0 Å². The van der Waals surface area contributed by atoms with Crippen LogP contribution in [0.4, 0.5) is 0 Å². The van der Waals surface area contributed by atoms with E-state index in [1.54, 1.807) is 32.1 Å². The Balaban J connectivity index is 2.29. The summed E-state index contributed by atoms with van der Waals surface area (Å²) >= 11 is 1.05. The van der Waals surface area contributed by atoms with Crippen LogP contribution in [-0.4, -0.2) is 36.2 Å². The zero-order valence-corrected chi connectivity index (χ0v) is 16.5. The number of allylic oxidation sites excluding steroid dienone is 1. The predicted octanol–water partition coefficient (Wildman–Crippen LogP) is 3.39. The Bertz CT molecular complexity index is 875. The summed E-state index contributed by atoms with van der Waals surface area (Å²) in [5, 5.41) is 12.5. The standard InChI is InChI=1S/C19H22N2O5S/c1-6-7-12-8-13(9-14(25-4)15(12)26-5)17(22)20-11(3)18-21-10(2)16(27-18)19(23)24/h6,8-9,11H,1,7H2,2-5H3,(H,20,22)(H,23,24). The van der Waals surface area contributed by atoms with E-state index in [4.69, 9.17) is 14.6 Å². The van der Waals surface area contributed by atoms with Crippen LogP contribution in [0, 0.1) is 6.92 Å². The highest BCUT2D eigenvalue weighted by Gasteiger charge is 2.21. The summed E-state index contributed by atoms with van der Waals surface area (Å²) in [7, 11) is 3.04. The Labute approximate surface area is 161 Å². The summed E-state index contributed by atoms with van der Waals surface area (Å²) in [5.41, 5.74) is 1.62. The molecule has 1 unspecified atom stereocenters. The predicted molar refractivity (Wildman–Crippen MR) is 103 cm³/mol. The van der Waals surface area contributed by atoms with Crippen molar-refractivity contribution in [3.05, 3.63) is 51.5 Å². The molecule has 1 aromatic heterocycles. The molecule has 144 valence electrons. The zero-order chi connectivity index (χ0) is 20.1. The number of carbonyl (C=O) groups excluding carboxylic acids is 1. The van der Waals surface area contributed by atoms with Gasteiger partial charge in [0.05, 0.1) is 26.0 Å². The van der Waals surface area contributed by atoms with Gasteiger partial charge in [-0.15, -0.1) is 17.9 Å². The quantitative estimate of drug-likeness (QED) is 0.671. The van der Waals surface area contributed by atoms with Crippen LogP contribution in [0.1, 0.15) is 49.3 Å². The van der Waals surface area contributed by atoms with Gasteiger partial charge in [0.1, 0.15) is 9.88 Å². The second-order valence-electron chi connectivity index (χ2n) is 5.83. The first-order valence-electron chi connectivity index (χ1n) is 8.19. The van der Waals surface area contributed by atoms with Gasteiger partial charge in [0, 0.05) is 11.1 Å². The van der Waals surface area contributed by atoms with Crippen molar-refractivity contribution in [3.8, 4) is 11.5 Å². The fraction of sp³-hybridized carbons (Fsp3) is 0.316. The second-order valence-corrected chi connectivity index (χ2v) is 6.86. The van der Waals surface area contributed by atoms with Crippen molar-refractivity contribution < 1.29 is 24.2 Å².